The molecule has 2 N–H and O–H groups in total. The molecule has 2 heterocycles. The lowest BCUT2D eigenvalue weighted by atomic mass is 10.1. The van der Waals surface area contributed by atoms with Crippen LogP contribution in [0.5, 0.6) is 0 Å². The van der Waals surface area contributed by atoms with E-state index in [4.69, 9.17) is 10.00 Å². The van der Waals surface area contributed by atoms with E-state index < -0.39 is 11.9 Å². The van der Waals surface area contributed by atoms with Crippen molar-refractivity contribution in [3.63, 3.8) is 0 Å². The van der Waals surface area contributed by atoms with E-state index in [0.29, 0.717) is 33.5 Å². The highest BCUT2D eigenvalue weighted by atomic mass is 16.5. The number of hydrogen-bond donors (Lipinski definition) is 2. The second kappa shape index (κ2) is 7.44. The number of nitriles is 1. The quantitative estimate of drug-likeness (QED) is 0.683. The molecule has 0 unspecified atom stereocenters. The second-order valence-corrected chi connectivity index (χ2v) is 5.33. The molecule has 8 heteroatoms. The van der Waals surface area contributed by atoms with Gasteiger partial charge < -0.3 is 15.0 Å². The Bertz CT molecular complexity index is 1020. The Kier molecular flexibility index (Phi) is 4.90. The van der Waals surface area contributed by atoms with Gasteiger partial charge in [0.15, 0.2) is 0 Å². The first-order valence-electron chi connectivity index (χ1n) is 7.90. The number of carbonyl (C=O) groups is 2. The van der Waals surface area contributed by atoms with Crippen molar-refractivity contribution in [1.29, 1.82) is 5.26 Å². The van der Waals surface area contributed by atoms with E-state index in [1.54, 1.807) is 37.4 Å². The molecule has 0 aliphatic carbocycles. The highest BCUT2D eigenvalue weighted by Crippen LogP contribution is 2.30. The first-order valence-corrected chi connectivity index (χ1v) is 7.90. The molecule has 8 nitrogen and oxygen atoms in total. The van der Waals surface area contributed by atoms with E-state index in [1.807, 2.05) is 6.07 Å². The Morgan fingerprint density at radius 2 is 2.19 bits per heavy atom. The van der Waals surface area contributed by atoms with Crippen LogP contribution < -0.4 is 5.32 Å². The molecule has 2 aromatic heterocycles. The maximum Gasteiger partial charge on any atom is 0.340 e. The van der Waals surface area contributed by atoms with Crippen LogP contribution >= 0.6 is 0 Å². The minimum Gasteiger partial charge on any atom is -0.462 e. The van der Waals surface area contributed by atoms with Crippen molar-refractivity contribution >= 4 is 28.6 Å². The highest BCUT2D eigenvalue weighted by Gasteiger charge is 2.19. The molecule has 3 rings (SSSR count). The fraction of sp³-hybridized carbons (Fsp3) is 0.167. The van der Waals surface area contributed by atoms with Gasteiger partial charge in [0.05, 0.1) is 29.3 Å². The Morgan fingerprint density at radius 3 is 2.96 bits per heavy atom. The largest absolute Gasteiger partial charge is 0.462 e. The smallest absolute Gasteiger partial charge is 0.340 e. The Morgan fingerprint density at radius 1 is 1.35 bits per heavy atom. The summed E-state index contributed by atoms with van der Waals surface area (Å²) in [6.45, 7) is 1.99. The second-order valence-electron chi connectivity index (χ2n) is 5.33. The molecular weight excluding hydrogens is 334 g/mol. The van der Waals surface area contributed by atoms with E-state index in [9.17, 15) is 9.59 Å². The van der Waals surface area contributed by atoms with E-state index in [2.05, 4.69) is 20.3 Å². The number of hydrogen-bond acceptors (Lipinski definition) is 6. The van der Waals surface area contributed by atoms with Crippen LogP contribution in [-0.4, -0.2) is 33.4 Å². The molecule has 1 aromatic carbocycles. The van der Waals surface area contributed by atoms with Crippen molar-refractivity contribution in [1.82, 2.24) is 15.0 Å². The van der Waals surface area contributed by atoms with Crippen LogP contribution in [-0.2, 0) is 9.53 Å². The van der Waals surface area contributed by atoms with Gasteiger partial charge in [0.25, 0.3) is 0 Å². The number of aromatic amines is 1. The number of esters is 1. The summed E-state index contributed by atoms with van der Waals surface area (Å²) in [6.07, 6.45) is 2.70. The van der Waals surface area contributed by atoms with Gasteiger partial charge >= 0.3 is 5.97 Å². The monoisotopic (exact) mass is 349 g/mol. The van der Waals surface area contributed by atoms with Gasteiger partial charge in [-0.2, -0.15) is 5.26 Å². The number of benzene rings is 1. The van der Waals surface area contributed by atoms with E-state index in [1.165, 1.54) is 6.33 Å². The molecule has 0 bridgehead atoms. The van der Waals surface area contributed by atoms with Crippen molar-refractivity contribution in [2.75, 3.05) is 11.9 Å². The minimum absolute atomic E-state index is 0.229. The lowest BCUT2D eigenvalue weighted by Gasteiger charge is -2.08. The predicted molar refractivity (Wildman–Crippen MR) is 94.1 cm³/mol. The van der Waals surface area contributed by atoms with Crippen LogP contribution in [0.1, 0.15) is 23.7 Å². The average Bonchev–Trinajstić information content (AvgIpc) is 3.06. The SMILES string of the molecule is CCOC(=O)c1c[nH]c2ncnc(-c3cccc(NC(=O)CC#N)c3)c12. The molecule has 26 heavy (non-hydrogen) atoms. The summed E-state index contributed by atoms with van der Waals surface area (Å²) in [6, 6.07) is 8.79. The summed E-state index contributed by atoms with van der Waals surface area (Å²) >= 11 is 0. The van der Waals surface area contributed by atoms with Gasteiger partial charge in [-0.25, -0.2) is 14.8 Å². The Labute approximate surface area is 148 Å². The van der Waals surface area contributed by atoms with Crippen LogP contribution in [0, 0.1) is 11.3 Å². The summed E-state index contributed by atoms with van der Waals surface area (Å²) in [5.74, 6) is -0.861. The van der Waals surface area contributed by atoms with Gasteiger partial charge in [-0.1, -0.05) is 12.1 Å². The third-order valence-corrected chi connectivity index (χ3v) is 3.62. The lowest BCUT2D eigenvalue weighted by molar-refractivity contribution is -0.115. The standard InChI is InChI=1S/C18H15N5O3/c1-2-26-18(25)13-9-20-17-15(13)16(21-10-22-17)11-4-3-5-12(8-11)23-14(24)6-7-19/h3-5,8-10H,2,6H2,1H3,(H,23,24)(H,20,21,22). The fourth-order valence-electron chi connectivity index (χ4n) is 2.57. The first kappa shape index (κ1) is 17.1. The number of nitrogens with zero attached hydrogens (tertiary/aromatic N) is 3. The van der Waals surface area contributed by atoms with Gasteiger partial charge in [0, 0.05) is 17.4 Å². The molecule has 3 aromatic rings. The molecule has 130 valence electrons. The molecule has 0 aliphatic rings. The van der Waals surface area contributed by atoms with Crippen LogP contribution in [0.15, 0.2) is 36.8 Å². The van der Waals surface area contributed by atoms with Crippen molar-refractivity contribution in [2.45, 2.75) is 13.3 Å². The van der Waals surface area contributed by atoms with E-state index in [0.717, 1.165) is 0 Å². The van der Waals surface area contributed by atoms with Gasteiger partial charge in [-0.3, -0.25) is 4.79 Å². The predicted octanol–water partition coefficient (Wildman–Crippen LogP) is 2.65. The summed E-state index contributed by atoms with van der Waals surface area (Å²) < 4.78 is 5.09. The number of aromatic nitrogens is 3. The Hall–Kier alpha value is -3.73. The zero-order valence-corrected chi connectivity index (χ0v) is 13.9. The topological polar surface area (TPSA) is 121 Å². The third kappa shape index (κ3) is 3.37. The summed E-state index contributed by atoms with van der Waals surface area (Å²) in [7, 11) is 0. The number of amides is 1. The third-order valence-electron chi connectivity index (χ3n) is 3.62. The van der Waals surface area contributed by atoms with Gasteiger partial charge in [0.2, 0.25) is 5.91 Å². The van der Waals surface area contributed by atoms with Crippen LogP contribution in [0.3, 0.4) is 0 Å². The number of H-pyrrole nitrogens is 1. The number of carbonyl (C=O) groups excluding carboxylic acids is 2. The number of anilines is 1. The summed E-state index contributed by atoms with van der Waals surface area (Å²) in [4.78, 5) is 35.2. The maximum absolute atomic E-state index is 12.2. The molecule has 0 aliphatic heterocycles. The van der Waals surface area contributed by atoms with Crippen molar-refractivity contribution in [2.24, 2.45) is 0 Å². The van der Waals surface area contributed by atoms with E-state index >= 15 is 0 Å². The van der Waals surface area contributed by atoms with Crippen LogP contribution in [0.4, 0.5) is 5.69 Å². The molecule has 1 amide bonds. The molecule has 0 saturated heterocycles. The molecule has 0 saturated carbocycles. The number of fused-ring (bicyclic) bond motifs is 1. The Balaban J connectivity index is 2.06. The van der Waals surface area contributed by atoms with Gasteiger partial charge in [0.1, 0.15) is 18.4 Å². The number of ether oxygens (including phenoxy) is 1. The van der Waals surface area contributed by atoms with Gasteiger partial charge in [-0.05, 0) is 19.1 Å². The van der Waals surface area contributed by atoms with Crippen molar-refractivity contribution < 1.29 is 14.3 Å². The normalized spacial score (nSPS) is 10.3. The van der Waals surface area contributed by atoms with Gasteiger partial charge in [-0.15, -0.1) is 0 Å². The van der Waals surface area contributed by atoms with E-state index in [-0.39, 0.29) is 13.0 Å². The average molecular weight is 349 g/mol. The van der Waals surface area contributed by atoms with Crippen molar-refractivity contribution in [3.8, 4) is 17.3 Å². The highest BCUT2D eigenvalue weighted by molar-refractivity contribution is 6.08. The summed E-state index contributed by atoms with van der Waals surface area (Å²) in [5.41, 5.74) is 2.61. The summed E-state index contributed by atoms with van der Waals surface area (Å²) in [5, 5.41) is 11.8. The molecular formula is C18H15N5O3. The fourth-order valence-corrected chi connectivity index (χ4v) is 2.57. The van der Waals surface area contributed by atoms with Crippen molar-refractivity contribution in [3.05, 3.63) is 42.4 Å². The number of nitrogens with one attached hydrogen (secondary N) is 2. The first-order chi connectivity index (χ1) is 12.6. The molecule has 0 radical (unpaired) electrons. The molecule has 0 spiro atoms. The minimum atomic E-state index is -0.465. The maximum atomic E-state index is 12.2. The van der Waals surface area contributed by atoms with Crippen LogP contribution in [0.2, 0.25) is 0 Å². The van der Waals surface area contributed by atoms with Crippen LogP contribution in [0.25, 0.3) is 22.3 Å². The number of rotatable bonds is 5. The molecule has 0 fully saturated rings. The molecule has 0 atom stereocenters. The lowest BCUT2D eigenvalue weighted by Crippen LogP contribution is -2.10. The zero-order chi connectivity index (χ0) is 18.5. The zero-order valence-electron chi connectivity index (χ0n) is 13.9.